The number of fused-ring (bicyclic) bond motifs is 1. The smallest absolute Gasteiger partial charge is 0.330 e. The predicted molar refractivity (Wildman–Crippen MR) is 206 cm³/mol. The van der Waals surface area contributed by atoms with E-state index in [-0.39, 0.29) is 36.2 Å². The van der Waals surface area contributed by atoms with E-state index in [4.69, 9.17) is 9.47 Å². The van der Waals surface area contributed by atoms with E-state index < -0.39 is 22.8 Å². The minimum Gasteiger partial charge on any atom is -0.497 e. The van der Waals surface area contributed by atoms with Crippen LogP contribution >= 0.6 is 0 Å². The van der Waals surface area contributed by atoms with Crippen LogP contribution in [0.5, 0.6) is 11.5 Å². The van der Waals surface area contributed by atoms with Crippen molar-refractivity contribution in [3.8, 4) is 11.5 Å². The van der Waals surface area contributed by atoms with Crippen LogP contribution in [-0.4, -0.2) is 64.5 Å². The number of carbonyl (C=O) groups excluding carboxylic acids is 3. The van der Waals surface area contributed by atoms with Crippen LogP contribution in [0.25, 0.3) is 0 Å². The van der Waals surface area contributed by atoms with Gasteiger partial charge in [0.05, 0.1) is 42.8 Å². The van der Waals surface area contributed by atoms with Crippen molar-refractivity contribution in [2.24, 2.45) is 0 Å². The lowest BCUT2D eigenvalue weighted by Gasteiger charge is -2.35. The van der Waals surface area contributed by atoms with Gasteiger partial charge in [-0.2, -0.15) is 4.98 Å². The maximum absolute atomic E-state index is 13.6. The highest BCUT2D eigenvalue weighted by Gasteiger charge is 2.32. The van der Waals surface area contributed by atoms with Crippen LogP contribution in [0.2, 0.25) is 0 Å². The summed E-state index contributed by atoms with van der Waals surface area (Å²) in [5.74, 6) is 0.271. The van der Waals surface area contributed by atoms with E-state index in [1.807, 2.05) is 38.1 Å². The number of amides is 4. The van der Waals surface area contributed by atoms with Crippen molar-refractivity contribution in [1.82, 2.24) is 20.3 Å². The van der Waals surface area contributed by atoms with Crippen LogP contribution in [0.1, 0.15) is 39.7 Å². The molecule has 0 saturated heterocycles. The molecule has 16 heteroatoms. The van der Waals surface area contributed by atoms with Gasteiger partial charge in [-0.15, -0.1) is 0 Å². The summed E-state index contributed by atoms with van der Waals surface area (Å²) in [6.07, 6.45) is 3.80. The van der Waals surface area contributed by atoms with Crippen molar-refractivity contribution in [3.63, 3.8) is 0 Å². The van der Waals surface area contributed by atoms with Gasteiger partial charge in [0, 0.05) is 54.3 Å². The molecule has 282 valence electrons. The normalized spacial score (nSPS) is 12.7. The number of pyridine rings is 1. The summed E-state index contributed by atoms with van der Waals surface area (Å²) in [5.41, 5.74) is 4.78. The summed E-state index contributed by atoms with van der Waals surface area (Å²) in [5, 5.41) is 20.2. The Morgan fingerprint density at radius 2 is 1.75 bits per heavy atom. The van der Waals surface area contributed by atoms with E-state index in [2.05, 4.69) is 30.9 Å². The fourth-order valence-electron chi connectivity index (χ4n) is 5.80. The summed E-state index contributed by atoms with van der Waals surface area (Å²) in [6, 6.07) is 18.7. The second kappa shape index (κ2) is 16.3. The zero-order chi connectivity index (χ0) is 39.2. The first kappa shape index (κ1) is 37.7. The van der Waals surface area contributed by atoms with Gasteiger partial charge in [0.1, 0.15) is 17.6 Å². The highest BCUT2D eigenvalue weighted by Crippen LogP contribution is 2.34. The maximum Gasteiger partial charge on any atom is 0.330 e. The van der Waals surface area contributed by atoms with E-state index in [9.17, 15) is 24.5 Å². The Kier molecular flexibility index (Phi) is 11.1. The number of aryl methyl sites for hydroxylation is 2. The molecular weight excluding hydrogens is 706 g/mol. The number of nitrogens with one attached hydrogen (secondary N) is 3. The number of hydrogen-bond donors (Lipinski definition) is 3. The van der Waals surface area contributed by atoms with Crippen LogP contribution < -0.4 is 35.2 Å². The lowest BCUT2D eigenvalue weighted by Crippen LogP contribution is -2.46. The molecule has 0 bridgehead atoms. The minimum absolute atomic E-state index is 0.0700. The quantitative estimate of drug-likeness (QED) is 0.0931. The molecule has 2 aromatic heterocycles. The van der Waals surface area contributed by atoms with Crippen LogP contribution in [0.15, 0.2) is 85.2 Å². The predicted octanol–water partition coefficient (Wildman–Crippen LogP) is 6.10. The lowest BCUT2D eigenvalue weighted by atomic mass is 10.1. The molecule has 1 aliphatic heterocycles. The standard InChI is InChI=1S/C39H39N9O7/c1-23-6-11-29(19-33(23)47-22-28-20-41-38(45-35(28)46(4)39(47)51)44-30-12-7-24(2)40-21-30)43-36(49)25(3)42-37(50)27-10-15-32(48(52)53)34(18-27)55-17-16-26-8-13-31(54-5)14-9-26/h6-15,18-21,25H,16-17,22H2,1-5H3,(H,42,50)(H,43,49)(H,41,44,45)/t25-/m0/s1. The first-order valence-electron chi connectivity index (χ1n) is 17.3. The molecule has 1 aliphatic rings. The fraction of sp³-hybridized carbons (Fsp3) is 0.231. The van der Waals surface area contributed by atoms with Gasteiger partial charge in [-0.25, -0.2) is 9.78 Å². The Balaban J connectivity index is 1.10. The first-order chi connectivity index (χ1) is 26.4. The molecule has 55 heavy (non-hydrogen) atoms. The van der Waals surface area contributed by atoms with E-state index in [1.54, 1.807) is 61.8 Å². The molecule has 5 aromatic rings. The molecule has 3 heterocycles. The zero-order valence-corrected chi connectivity index (χ0v) is 30.8. The number of nitrogens with zero attached hydrogens (tertiary/aromatic N) is 6. The molecule has 0 unspecified atom stereocenters. The molecule has 3 aromatic carbocycles. The molecule has 4 amide bonds. The maximum atomic E-state index is 13.6. The number of urea groups is 1. The van der Waals surface area contributed by atoms with Crippen molar-refractivity contribution >= 4 is 52.4 Å². The average molecular weight is 746 g/mol. The van der Waals surface area contributed by atoms with Crippen LogP contribution in [0.4, 0.5) is 39.3 Å². The minimum atomic E-state index is -1.00. The molecule has 16 nitrogen and oxygen atoms in total. The van der Waals surface area contributed by atoms with E-state index >= 15 is 0 Å². The molecule has 6 rings (SSSR count). The topological polar surface area (TPSA) is 194 Å². The number of rotatable bonds is 13. The van der Waals surface area contributed by atoms with E-state index in [0.717, 1.165) is 22.4 Å². The van der Waals surface area contributed by atoms with E-state index in [0.29, 0.717) is 41.0 Å². The largest absolute Gasteiger partial charge is 0.497 e. The Morgan fingerprint density at radius 3 is 2.45 bits per heavy atom. The molecule has 0 fully saturated rings. The summed E-state index contributed by atoms with van der Waals surface area (Å²) in [7, 11) is 3.20. The molecule has 0 radical (unpaired) electrons. The molecule has 3 N–H and O–H groups in total. The number of anilines is 5. The molecular formula is C39H39N9O7. The number of aromatic nitrogens is 3. The zero-order valence-electron chi connectivity index (χ0n) is 30.8. The average Bonchev–Trinajstić information content (AvgIpc) is 3.18. The van der Waals surface area contributed by atoms with Gasteiger partial charge in [0.2, 0.25) is 11.9 Å². The summed E-state index contributed by atoms with van der Waals surface area (Å²) < 4.78 is 10.9. The second-order valence-corrected chi connectivity index (χ2v) is 12.9. The van der Waals surface area contributed by atoms with Gasteiger partial charge in [0.25, 0.3) is 5.91 Å². The third kappa shape index (κ3) is 8.76. The van der Waals surface area contributed by atoms with Crippen molar-refractivity contribution in [2.45, 2.75) is 39.8 Å². The molecule has 0 saturated carbocycles. The number of nitro groups is 1. The van der Waals surface area contributed by atoms with Crippen molar-refractivity contribution in [3.05, 3.63) is 123 Å². The van der Waals surface area contributed by atoms with E-state index in [1.165, 1.54) is 30.0 Å². The van der Waals surface area contributed by atoms with Crippen molar-refractivity contribution in [1.29, 1.82) is 0 Å². The highest BCUT2D eigenvalue weighted by atomic mass is 16.6. The highest BCUT2D eigenvalue weighted by molar-refractivity contribution is 6.06. The Hall–Kier alpha value is -7.10. The first-order valence-corrected chi connectivity index (χ1v) is 17.3. The Morgan fingerprint density at radius 1 is 0.982 bits per heavy atom. The summed E-state index contributed by atoms with van der Waals surface area (Å²) in [6.45, 7) is 5.58. The van der Waals surface area contributed by atoms with Crippen LogP contribution in [0, 0.1) is 24.0 Å². The third-order valence-corrected chi connectivity index (χ3v) is 8.91. The number of methoxy groups -OCH3 is 1. The number of hydrogen-bond acceptors (Lipinski definition) is 11. The third-order valence-electron chi connectivity index (χ3n) is 8.91. The molecule has 0 spiro atoms. The SMILES string of the molecule is COc1ccc(CCOc2cc(C(=O)N[C@@H](C)C(=O)Nc3ccc(C)c(N4Cc5cnc(Nc6ccc(C)nc6)nc5N(C)C4=O)c3)ccc2[N+](=O)[O-])cc1. The monoisotopic (exact) mass is 745 g/mol. The van der Waals surface area contributed by atoms with Crippen LogP contribution in [0.3, 0.4) is 0 Å². The van der Waals surface area contributed by atoms with Crippen LogP contribution in [-0.2, 0) is 17.8 Å². The second-order valence-electron chi connectivity index (χ2n) is 12.9. The number of benzene rings is 3. The Labute approximate surface area is 316 Å². The number of nitro benzene ring substituents is 1. The van der Waals surface area contributed by atoms with Gasteiger partial charge in [-0.1, -0.05) is 18.2 Å². The summed E-state index contributed by atoms with van der Waals surface area (Å²) in [4.78, 5) is 67.5. The van der Waals surface area contributed by atoms with Crippen molar-refractivity contribution in [2.75, 3.05) is 41.2 Å². The lowest BCUT2D eigenvalue weighted by molar-refractivity contribution is -0.385. The fourth-order valence-corrected chi connectivity index (χ4v) is 5.80. The van der Waals surface area contributed by atoms with Gasteiger partial charge < -0.3 is 25.4 Å². The molecule has 1 atom stereocenters. The number of ether oxygens (including phenoxy) is 2. The van der Waals surface area contributed by atoms with Gasteiger partial charge in [0.15, 0.2) is 5.75 Å². The Bertz CT molecular complexity index is 2250. The van der Waals surface area contributed by atoms with Crippen molar-refractivity contribution < 1.29 is 28.8 Å². The van der Waals surface area contributed by atoms with Gasteiger partial charge >= 0.3 is 11.7 Å². The molecule has 0 aliphatic carbocycles. The summed E-state index contributed by atoms with van der Waals surface area (Å²) >= 11 is 0. The van der Waals surface area contributed by atoms with Gasteiger partial charge in [-0.3, -0.25) is 34.5 Å². The number of carbonyl (C=O) groups is 3. The van der Waals surface area contributed by atoms with Gasteiger partial charge in [-0.05, 0) is 74.4 Å².